The Kier molecular flexibility index (Phi) is 7.64. The number of aromatic amines is 1. The van der Waals surface area contributed by atoms with Crippen molar-refractivity contribution in [2.75, 3.05) is 0 Å². The van der Waals surface area contributed by atoms with Gasteiger partial charge in [0.15, 0.2) is 0 Å². The number of phenols is 1. The molecule has 0 saturated carbocycles. The van der Waals surface area contributed by atoms with E-state index in [1.54, 1.807) is 43.0 Å². The SMILES string of the molecule is C=O.Oc1ccccc1.c1c[nH]cn1. The van der Waals surface area contributed by atoms with Crippen molar-refractivity contribution in [1.29, 1.82) is 0 Å². The van der Waals surface area contributed by atoms with E-state index < -0.39 is 0 Å². The lowest BCUT2D eigenvalue weighted by atomic mass is 10.3. The highest BCUT2D eigenvalue weighted by molar-refractivity contribution is 5.18. The molecule has 14 heavy (non-hydrogen) atoms. The minimum absolute atomic E-state index is 0.322. The molecule has 74 valence electrons. The molecule has 0 amide bonds. The third-order valence-corrected chi connectivity index (χ3v) is 1.16. The summed E-state index contributed by atoms with van der Waals surface area (Å²) >= 11 is 0. The zero-order valence-corrected chi connectivity index (χ0v) is 7.63. The fraction of sp³-hybridized carbons (Fsp3) is 0. The first-order valence-corrected chi connectivity index (χ1v) is 3.85. The molecule has 0 aliphatic carbocycles. The van der Waals surface area contributed by atoms with E-state index >= 15 is 0 Å². The normalized spacial score (nSPS) is 7.43. The molecule has 4 heteroatoms. The van der Waals surface area contributed by atoms with E-state index in [2.05, 4.69) is 9.97 Å². The summed E-state index contributed by atoms with van der Waals surface area (Å²) in [6.07, 6.45) is 5.08. The largest absolute Gasteiger partial charge is 0.508 e. The summed E-state index contributed by atoms with van der Waals surface area (Å²) in [4.78, 5) is 14.4. The van der Waals surface area contributed by atoms with Gasteiger partial charge in [-0.25, -0.2) is 4.98 Å². The Bertz CT molecular complexity index is 278. The van der Waals surface area contributed by atoms with Crippen LogP contribution in [0.4, 0.5) is 0 Å². The lowest BCUT2D eigenvalue weighted by Gasteiger charge is -1.82. The van der Waals surface area contributed by atoms with Crippen molar-refractivity contribution in [3.05, 3.63) is 49.1 Å². The number of hydrogen-bond donors (Lipinski definition) is 2. The third-order valence-electron chi connectivity index (χ3n) is 1.16. The quantitative estimate of drug-likeness (QED) is 0.666. The summed E-state index contributed by atoms with van der Waals surface area (Å²) in [6.45, 7) is 2.00. The first-order valence-electron chi connectivity index (χ1n) is 3.85. The van der Waals surface area contributed by atoms with Crippen LogP contribution in [0.25, 0.3) is 0 Å². The molecule has 0 unspecified atom stereocenters. The molecule has 0 aliphatic rings. The summed E-state index contributed by atoms with van der Waals surface area (Å²) in [7, 11) is 0. The summed E-state index contributed by atoms with van der Waals surface area (Å²) < 4.78 is 0. The third kappa shape index (κ3) is 6.60. The predicted molar refractivity (Wildman–Crippen MR) is 53.8 cm³/mol. The lowest BCUT2D eigenvalue weighted by Crippen LogP contribution is -1.56. The van der Waals surface area contributed by atoms with Gasteiger partial charge in [0.25, 0.3) is 0 Å². The smallest absolute Gasteiger partial charge is 0.115 e. The van der Waals surface area contributed by atoms with E-state index in [1.165, 1.54) is 0 Å². The molecule has 1 heterocycles. The van der Waals surface area contributed by atoms with E-state index in [0.717, 1.165) is 0 Å². The van der Waals surface area contributed by atoms with Crippen LogP contribution < -0.4 is 0 Å². The van der Waals surface area contributed by atoms with Crippen LogP contribution >= 0.6 is 0 Å². The molecule has 2 rings (SSSR count). The number of carbonyl (C=O) groups excluding carboxylic acids is 1. The molecule has 2 N–H and O–H groups in total. The highest BCUT2D eigenvalue weighted by atomic mass is 16.3. The number of nitrogens with zero attached hydrogens (tertiary/aromatic N) is 1. The number of aromatic hydroxyl groups is 1. The zero-order valence-electron chi connectivity index (χ0n) is 7.63. The fourth-order valence-corrected chi connectivity index (χ4v) is 0.643. The van der Waals surface area contributed by atoms with E-state index in [-0.39, 0.29) is 0 Å². The number of rotatable bonds is 0. The average Bonchev–Trinajstić information content (AvgIpc) is 2.80. The van der Waals surface area contributed by atoms with Gasteiger partial charge in [0.2, 0.25) is 0 Å². The maximum Gasteiger partial charge on any atom is 0.115 e. The summed E-state index contributed by atoms with van der Waals surface area (Å²) in [5.74, 6) is 0.322. The number of hydrogen-bond acceptors (Lipinski definition) is 3. The number of H-pyrrole nitrogens is 1. The van der Waals surface area contributed by atoms with Gasteiger partial charge in [0.05, 0.1) is 6.33 Å². The molecule has 1 aromatic heterocycles. The number of benzene rings is 1. The summed E-state index contributed by atoms with van der Waals surface area (Å²) in [5, 5.41) is 8.63. The van der Waals surface area contributed by atoms with Gasteiger partial charge >= 0.3 is 0 Å². The highest BCUT2D eigenvalue weighted by Gasteiger charge is 1.74. The molecule has 0 spiro atoms. The topological polar surface area (TPSA) is 66.0 Å². The Balaban J connectivity index is 0.000000213. The fourth-order valence-electron chi connectivity index (χ4n) is 0.643. The Morgan fingerprint density at radius 2 is 1.86 bits per heavy atom. The second-order valence-corrected chi connectivity index (χ2v) is 2.10. The van der Waals surface area contributed by atoms with Gasteiger partial charge in [-0.3, -0.25) is 0 Å². The van der Waals surface area contributed by atoms with Crippen LogP contribution in [-0.2, 0) is 4.79 Å². The van der Waals surface area contributed by atoms with Crippen LogP contribution in [0.3, 0.4) is 0 Å². The molecule has 0 atom stereocenters. The molecule has 1 aromatic carbocycles. The zero-order chi connectivity index (χ0) is 10.6. The number of para-hydroxylation sites is 1. The Morgan fingerprint density at radius 1 is 1.21 bits per heavy atom. The standard InChI is InChI=1S/C6H6O.C3H4N2.CH2O/c7-6-4-2-1-3-5-6;1-2-5-3-4-1;1-2/h1-5,7H;1-3H,(H,4,5);1H2. The second-order valence-electron chi connectivity index (χ2n) is 2.10. The summed E-state index contributed by atoms with van der Waals surface area (Å²) in [5.41, 5.74) is 0. The molecule has 0 bridgehead atoms. The molecule has 0 radical (unpaired) electrons. The van der Waals surface area contributed by atoms with Crippen molar-refractivity contribution in [3.63, 3.8) is 0 Å². The van der Waals surface area contributed by atoms with Crippen LogP contribution in [0.5, 0.6) is 5.75 Å². The molecule has 0 fully saturated rings. The van der Waals surface area contributed by atoms with Gasteiger partial charge in [-0.2, -0.15) is 0 Å². The van der Waals surface area contributed by atoms with Gasteiger partial charge < -0.3 is 14.9 Å². The predicted octanol–water partition coefficient (Wildman–Crippen LogP) is 1.62. The first-order chi connectivity index (χ1) is 6.89. The van der Waals surface area contributed by atoms with Gasteiger partial charge in [-0.15, -0.1) is 0 Å². The van der Waals surface area contributed by atoms with Crippen LogP contribution in [-0.4, -0.2) is 21.9 Å². The van der Waals surface area contributed by atoms with E-state index in [1.807, 2.05) is 12.9 Å². The summed E-state index contributed by atoms with van der Waals surface area (Å²) in [6, 6.07) is 8.71. The minimum Gasteiger partial charge on any atom is -0.508 e. The van der Waals surface area contributed by atoms with Crippen molar-refractivity contribution < 1.29 is 9.90 Å². The van der Waals surface area contributed by atoms with E-state index in [0.29, 0.717) is 5.75 Å². The van der Waals surface area contributed by atoms with Crippen molar-refractivity contribution >= 4 is 6.79 Å². The number of carbonyl (C=O) groups is 1. The number of phenolic OH excluding ortho intramolecular Hbond substituents is 1. The van der Waals surface area contributed by atoms with Crippen molar-refractivity contribution in [2.24, 2.45) is 0 Å². The Labute approximate surface area is 82.2 Å². The monoisotopic (exact) mass is 192 g/mol. The van der Waals surface area contributed by atoms with Gasteiger partial charge in [0, 0.05) is 12.4 Å². The molecule has 4 nitrogen and oxygen atoms in total. The van der Waals surface area contributed by atoms with Crippen LogP contribution in [0, 0.1) is 0 Å². The second kappa shape index (κ2) is 8.99. The maximum atomic E-state index is 8.63. The number of nitrogens with one attached hydrogen (secondary N) is 1. The van der Waals surface area contributed by atoms with Gasteiger partial charge in [-0.1, -0.05) is 18.2 Å². The van der Waals surface area contributed by atoms with Crippen molar-refractivity contribution in [2.45, 2.75) is 0 Å². The molecule has 0 aliphatic heterocycles. The Morgan fingerprint density at radius 3 is 2.07 bits per heavy atom. The van der Waals surface area contributed by atoms with E-state index in [9.17, 15) is 0 Å². The molecule has 2 aromatic rings. The Hall–Kier alpha value is -2.10. The molecular weight excluding hydrogens is 180 g/mol. The maximum absolute atomic E-state index is 8.63. The number of imidazole rings is 1. The number of aromatic nitrogens is 2. The minimum atomic E-state index is 0.322. The van der Waals surface area contributed by atoms with E-state index in [4.69, 9.17) is 9.90 Å². The van der Waals surface area contributed by atoms with Crippen molar-refractivity contribution in [1.82, 2.24) is 9.97 Å². The first kappa shape index (κ1) is 11.9. The van der Waals surface area contributed by atoms with Gasteiger partial charge in [-0.05, 0) is 12.1 Å². The average molecular weight is 192 g/mol. The van der Waals surface area contributed by atoms with Gasteiger partial charge in [0.1, 0.15) is 12.5 Å². The van der Waals surface area contributed by atoms with Crippen LogP contribution in [0.2, 0.25) is 0 Å². The van der Waals surface area contributed by atoms with Crippen LogP contribution in [0.15, 0.2) is 49.1 Å². The molecular formula is C10H12N2O2. The highest BCUT2D eigenvalue weighted by Crippen LogP contribution is 2.02. The lowest BCUT2D eigenvalue weighted by molar-refractivity contribution is -0.0979. The van der Waals surface area contributed by atoms with Crippen molar-refractivity contribution in [3.8, 4) is 5.75 Å². The van der Waals surface area contributed by atoms with Crippen LogP contribution in [0.1, 0.15) is 0 Å². The molecule has 0 saturated heterocycles.